The molecule has 4 nitrogen and oxygen atoms in total. The molecule has 0 amide bonds. The number of aromatic nitrogens is 3. The lowest BCUT2D eigenvalue weighted by Crippen LogP contribution is -2.02. The molecule has 0 radical (unpaired) electrons. The van der Waals surface area contributed by atoms with Crippen LogP contribution in [0.5, 0.6) is 0 Å². The van der Waals surface area contributed by atoms with E-state index < -0.39 is 0 Å². The number of alkyl halides is 2. The van der Waals surface area contributed by atoms with E-state index in [0.717, 1.165) is 46.5 Å². The summed E-state index contributed by atoms with van der Waals surface area (Å²) in [5, 5.41) is 4.55. The molecule has 1 aromatic carbocycles. The molecule has 0 saturated carbocycles. The van der Waals surface area contributed by atoms with Crippen molar-refractivity contribution in [1.29, 1.82) is 0 Å². The van der Waals surface area contributed by atoms with E-state index in [9.17, 15) is 0 Å². The fourth-order valence-corrected chi connectivity index (χ4v) is 3.93. The highest BCUT2D eigenvalue weighted by atomic mass is 35.5. The quantitative estimate of drug-likeness (QED) is 0.639. The molecule has 3 aromatic rings. The lowest BCUT2D eigenvalue weighted by Gasteiger charge is -2.13. The maximum absolute atomic E-state index is 6.04. The molecule has 0 saturated heterocycles. The predicted molar refractivity (Wildman–Crippen MR) is 99.4 cm³/mol. The number of H-pyrrole nitrogens is 1. The van der Waals surface area contributed by atoms with Gasteiger partial charge in [-0.2, -0.15) is 0 Å². The van der Waals surface area contributed by atoms with Gasteiger partial charge in [0.1, 0.15) is 17.8 Å². The lowest BCUT2D eigenvalue weighted by molar-refractivity contribution is 0.680. The molecule has 1 aliphatic carbocycles. The van der Waals surface area contributed by atoms with Gasteiger partial charge in [-0.3, -0.25) is 0 Å². The van der Waals surface area contributed by atoms with E-state index in [1.54, 1.807) is 6.33 Å². The zero-order valence-corrected chi connectivity index (χ0v) is 14.7. The minimum Gasteiger partial charge on any atom is -0.343 e. The summed E-state index contributed by atoms with van der Waals surface area (Å²) in [5.74, 6) is 1.75. The first-order valence-corrected chi connectivity index (χ1v) is 9.22. The Hall–Kier alpha value is -1.78. The Bertz CT molecular complexity index is 888. The van der Waals surface area contributed by atoms with E-state index in [4.69, 9.17) is 23.2 Å². The van der Waals surface area contributed by atoms with Crippen molar-refractivity contribution in [3.63, 3.8) is 0 Å². The molecule has 0 unspecified atom stereocenters. The average Bonchev–Trinajstić information content (AvgIpc) is 3.01. The van der Waals surface area contributed by atoms with Crippen LogP contribution in [-0.4, -0.2) is 15.0 Å². The number of rotatable bonds is 4. The summed E-state index contributed by atoms with van der Waals surface area (Å²) in [4.78, 5) is 12.3. The second-order valence-corrected chi connectivity index (χ2v) is 6.65. The molecule has 0 atom stereocenters. The number of anilines is 2. The fourth-order valence-electron chi connectivity index (χ4n) is 3.42. The largest absolute Gasteiger partial charge is 0.343 e. The van der Waals surface area contributed by atoms with Crippen LogP contribution < -0.4 is 5.32 Å². The number of fused-ring (bicyclic) bond motifs is 3. The van der Waals surface area contributed by atoms with Gasteiger partial charge < -0.3 is 10.3 Å². The molecule has 24 heavy (non-hydrogen) atoms. The number of nitrogens with zero attached hydrogens (tertiary/aromatic N) is 2. The highest BCUT2D eigenvalue weighted by Gasteiger charge is 2.19. The maximum atomic E-state index is 6.04. The lowest BCUT2D eigenvalue weighted by atomic mass is 9.96. The Labute approximate surface area is 150 Å². The molecule has 4 rings (SSSR count). The summed E-state index contributed by atoms with van der Waals surface area (Å²) < 4.78 is 0. The molecule has 2 heterocycles. The zero-order valence-electron chi connectivity index (χ0n) is 13.2. The van der Waals surface area contributed by atoms with Crippen LogP contribution in [0.25, 0.3) is 11.0 Å². The summed E-state index contributed by atoms with van der Waals surface area (Å²) in [7, 11) is 0. The average molecular weight is 361 g/mol. The smallest absolute Gasteiger partial charge is 0.143 e. The normalized spacial score (nSPS) is 13.9. The van der Waals surface area contributed by atoms with E-state index in [1.807, 2.05) is 18.2 Å². The number of aryl methyl sites for hydroxylation is 2. The second kappa shape index (κ2) is 6.61. The van der Waals surface area contributed by atoms with Crippen molar-refractivity contribution < 1.29 is 0 Å². The number of benzene rings is 1. The topological polar surface area (TPSA) is 53.6 Å². The van der Waals surface area contributed by atoms with Gasteiger partial charge in [-0.05, 0) is 54.5 Å². The molecule has 0 spiro atoms. The molecular formula is C18H18Cl2N4. The maximum Gasteiger partial charge on any atom is 0.143 e. The molecule has 0 bridgehead atoms. The molecule has 0 fully saturated rings. The van der Waals surface area contributed by atoms with Gasteiger partial charge >= 0.3 is 0 Å². The summed E-state index contributed by atoms with van der Waals surface area (Å²) in [6, 6.07) is 6.07. The van der Waals surface area contributed by atoms with Gasteiger partial charge in [0.15, 0.2) is 0 Å². The van der Waals surface area contributed by atoms with E-state index in [-0.39, 0.29) is 0 Å². The van der Waals surface area contributed by atoms with Crippen LogP contribution in [0.3, 0.4) is 0 Å². The molecular weight excluding hydrogens is 343 g/mol. The van der Waals surface area contributed by atoms with Crippen LogP contribution >= 0.6 is 23.2 Å². The Balaban J connectivity index is 1.76. The number of nitrogens with one attached hydrogen (secondary N) is 2. The Morgan fingerprint density at radius 1 is 1.04 bits per heavy atom. The van der Waals surface area contributed by atoms with Gasteiger partial charge in [-0.1, -0.05) is 6.07 Å². The van der Waals surface area contributed by atoms with Crippen molar-refractivity contribution in [1.82, 2.24) is 15.0 Å². The summed E-state index contributed by atoms with van der Waals surface area (Å²) in [6.07, 6.45) is 6.22. The first-order chi connectivity index (χ1) is 11.8. The molecule has 124 valence electrons. The minimum atomic E-state index is 0.441. The van der Waals surface area contributed by atoms with Gasteiger partial charge in [-0.15, -0.1) is 23.2 Å². The van der Waals surface area contributed by atoms with Crippen LogP contribution in [0.1, 0.15) is 35.2 Å². The molecule has 2 N–H and O–H groups in total. The molecule has 2 aromatic heterocycles. The number of aromatic amines is 1. The van der Waals surface area contributed by atoms with Gasteiger partial charge in [0.05, 0.1) is 5.39 Å². The van der Waals surface area contributed by atoms with E-state index in [0.29, 0.717) is 11.8 Å². The number of hydrogen-bond donors (Lipinski definition) is 2. The number of halogens is 2. The zero-order chi connectivity index (χ0) is 16.5. The summed E-state index contributed by atoms with van der Waals surface area (Å²) >= 11 is 12.0. The van der Waals surface area contributed by atoms with Gasteiger partial charge in [0.2, 0.25) is 0 Å². The van der Waals surface area contributed by atoms with Crippen LogP contribution in [0.4, 0.5) is 11.5 Å². The molecule has 0 aliphatic heterocycles. The third-order valence-electron chi connectivity index (χ3n) is 4.64. The van der Waals surface area contributed by atoms with Crippen molar-refractivity contribution in [3.8, 4) is 0 Å². The fraction of sp³-hybridized carbons (Fsp3) is 0.333. The van der Waals surface area contributed by atoms with Gasteiger partial charge in [-0.25, -0.2) is 9.97 Å². The van der Waals surface area contributed by atoms with Gasteiger partial charge in [0, 0.05) is 23.1 Å². The summed E-state index contributed by atoms with van der Waals surface area (Å²) in [5.41, 5.74) is 6.63. The standard InChI is InChI=1S/C18H18Cl2N4/c19-8-11-5-6-13(7-12(11)9-20)23-17-16-14-3-1-2-4-15(14)24-18(16)22-10-21-17/h5-7,10H,1-4,8-9H2,(H2,21,22,23,24). The Morgan fingerprint density at radius 2 is 1.88 bits per heavy atom. The molecule has 6 heteroatoms. The SMILES string of the molecule is ClCc1ccc(Nc2ncnc3[nH]c4c(c23)CCCC4)cc1CCl. The van der Waals surface area contributed by atoms with Crippen molar-refractivity contribution in [3.05, 3.63) is 46.9 Å². The van der Waals surface area contributed by atoms with E-state index in [1.165, 1.54) is 24.1 Å². The van der Waals surface area contributed by atoms with Crippen molar-refractivity contribution in [2.24, 2.45) is 0 Å². The van der Waals surface area contributed by atoms with Crippen LogP contribution in [0.15, 0.2) is 24.5 Å². The summed E-state index contributed by atoms with van der Waals surface area (Å²) in [6.45, 7) is 0. The van der Waals surface area contributed by atoms with Gasteiger partial charge in [0.25, 0.3) is 0 Å². The Morgan fingerprint density at radius 3 is 2.71 bits per heavy atom. The first-order valence-electron chi connectivity index (χ1n) is 8.15. The van der Waals surface area contributed by atoms with Crippen LogP contribution in [0, 0.1) is 0 Å². The van der Waals surface area contributed by atoms with Crippen molar-refractivity contribution in [2.75, 3.05) is 5.32 Å². The first kappa shape index (κ1) is 15.7. The van der Waals surface area contributed by atoms with Crippen molar-refractivity contribution in [2.45, 2.75) is 37.4 Å². The predicted octanol–water partition coefficient (Wildman–Crippen LogP) is 5.06. The monoisotopic (exact) mass is 360 g/mol. The van der Waals surface area contributed by atoms with Crippen LogP contribution in [0.2, 0.25) is 0 Å². The molecule has 1 aliphatic rings. The van der Waals surface area contributed by atoms with Crippen LogP contribution in [-0.2, 0) is 24.6 Å². The van der Waals surface area contributed by atoms with E-state index >= 15 is 0 Å². The highest BCUT2D eigenvalue weighted by molar-refractivity contribution is 6.18. The minimum absolute atomic E-state index is 0.441. The second-order valence-electron chi connectivity index (χ2n) is 6.11. The highest BCUT2D eigenvalue weighted by Crippen LogP contribution is 2.33. The Kier molecular flexibility index (Phi) is 4.33. The third kappa shape index (κ3) is 2.74. The van der Waals surface area contributed by atoms with Crippen molar-refractivity contribution >= 4 is 45.7 Å². The third-order valence-corrected chi connectivity index (χ3v) is 5.22. The van der Waals surface area contributed by atoms with E-state index in [2.05, 4.69) is 20.3 Å². The number of hydrogen-bond acceptors (Lipinski definition) is 3.